The van der Waals surface area contributed by atoms with E-state index in [0.29, 0.717) is 11.1 Å². The molecule has 4 heteroatoms. The Balaban J connectivity index is 2.90. The summed E-state index contributed by atoms with van der Waals surface area (Å²) in [6.45, 7) is 5.56. The molecule has 0 unspecified atom stereocenters. The molecule has 17 heavy (non-hydrogen) atoms. The molecule has 4 nitrogen and oxygen atoms in total. The highest BCUT2D eigenvalue weighted by molar-refractivity contribution is 5.36. The lowest BCUT2D eigenvalue weighted by Gasteiger charge is -2.23. The Labute approximate surface area is 103 Å². The predicted molar refractivity (Wildman–Crippen MR) is 66.7 cm³/mol. The monoisotopic (exact) mass is 240 g/mol. The van der Waals surface area contributed by atoms with Crippen molar-refractivity contribution in [1.29, 1.82) is 0 Å². The standard InChI is InChI=1S/C13H21NO3/c1-13(2,3)14-7-12(17)9-4-5-11(16)10(6-9)8-15/h4-6,12,14-17H,7-8H2,1-3H3/t12-/m0/s1/i12D. The summed E-state index contributed by atoms with van der Waals surface area (Å²) in [5, 5.41) is 31.6. The van der Waals surface area contributed by atoms with E-state index in [0.717, 1.165) is 0 Å². The van der Waals surface area contributed by atoms with Gasteiger partial charge in [0.15, 0.2) is 0 Å². The van der Waals surface area contributed by atoms with Crippen molar-refractivity contribution in [3.8, 4) is 5.75 Å². The van der Waals surface area contributed by atoms with Gasteiger partial charge in [0.05, 0.1) is 14.1 Å². The zero-order valence-corrected chi connectivity index (χ0v) is 10.5. The van der Waals surface area contributed by atoms with Crippen LogP contribution in [0.25, 0.3) is 0 Å². The fourth-order valence-electron chi connectivity index (χ4n) is 1.34. The van der Waals surface area contributed by atoms with Crippen LogP contribution in [0, 0.1) is 0 Å². The van der Waals surface area contributed by atoms with Gasteiger partial charge < -0.3 is 20.6 Å². The van der Waals surface area contributed by atoms with Crippen LogP contribution in [-0.2, 0) is 6.61 Å². The lowest BCUT2D eigenvalue weighted by molar-refractivity contribution is 0.163. The molecule has 96 valence electrons. The lowest BCUT2D eigenvalue weighted by atomic mass is 10.0. The number of aliphatic hydroxyl groups excluding tert-OH is 1. The van der Waals surface area contributed by atoms with Crippen LogP contribution in [0.1, 0.15) is 39.3 Å². The molecule has 0 aliphatic heterocycles. The van der Waals surface area contributed by atoms with Crippen molar-refractivity contribution in [3.05, 3.63) is 29.3 Å². The molecule has 0 aliphatic rings. The third-order valence-electron chi connectivity index (χ3n) is 2.37. The Morgan fingerprint density at radius 1 is 1.41 bits per heavy atom. The molecule has 1 aromatic rings. The van der Waals surface area contributed by atoms with E-state index in [-0.39, 0.29) is 24.4 Å². The SMILES string of the molecule is [2H][C@](O)(CNC(C)(C)C)c1ccc(O)c(CO)c1. The zero-order valence-electron chi connectivity index (χ0n) is 11.5. The van der Waals surface area contributed by atoms with Gasteiger partial charge in [-0.15, -0.1) is 0 Å². The molecule has 0 aromatic heterocycles. The van der Waals surface area contributed by atoms with Crippen molar-refractivity contribution in [2.75, 3.05) is 6.54 Å². The Morgan fingerprint density at radius 2 is 2.06 bits per heavy atom. The minimum atomic E-state index is -1.80. The van der Waals surface area contributed by atoms with E-state index in [2.05, 4.69) is 5.32 Å². The number of hydrogen-bond acceptors (Lipinski definition) is 4. The molecule has 1 aromatic carbocycles. The molecule has 1 rings (SSSR count). The van der Waals surface area contributed by atoms with Crippen LogP contribution < -0.4 is 5.32 Å². The largest absolute Gasteiger partial charge is 0.508 e. The molecule has 0 aliphatic carbocycles. The second-order valence-electron chi connectivity index (χ2n) is 5.05. The van der Waals surface area contributed by atoms with Gasteiger partial charge in [-0.3, -0.25) is 0 Å². The molecule has 0 saturated heterocycles. The van der Waals surface area contributed by atoms with Crippen LogP contribution in [0.5, 0.6) is 5.75 Å². The smallest absolute Gasteiger partial charge is 0.121 e. The maximum Gasteiger partial charge on any atom is 0.121 e. The van der Waals surface area contributed by atoms with E-state index in [1.807, 2.05) is 20.8 Å². The van der Waals surface area contributed by atoms with E-state index in [1.165, 1.54) is 18.2 Å². The third-order valence-corrected chi connectivity index (χ3v) is 2.37. The summed E-state index contributed by atoms with van der Waals surface area (Å²) in [4.78, 5) is 0. The minimum absolute atomic E-state index is 0.0409. The van der Waals surface area contributed by atoms with Gasteiger partial charge in [-0.2, -0.15) is 0 Å². The number of nitrogens with one attached hydrogen (secondary N) is 1. The van der Waals surface area contributed by atoms with Gasteiger partial charge in [0.25, 0.3) is 0 Å². The minimum Gasteiger partial charge on any atom is -0.508 e. The van der Waals surface area contributed by atoms with Gasteiger partial charge in [-0.25, -0.2) is 0 Å². The third kappa shape index (κ3) is 4.34. The van der Waals surface area contributed by atoms with Crippen molar-refractivity contribution in [3.63, 3.8) is 0 Å². The summed E-state index contributed by atoms with van der Waals surface area (Å²) in [6.07, 6.45) is -1.80. The summed E-state index contributed by atoms with van der Waals surface area (Å²) in [7, 11) is 0. The first-order valence-electron chi connectivity index (χ1n) is 6.06. The Hall–Kier alpha value is -1.10. The van der Waals surface area contributed by atoms with E-state index in [9.17, 15) is 10.2 Å². The van der Waals surface area contributed by atoms with Crippen LogP contribution in [0.15, 0.2) is 18.2 Å². The highest BCUT2D eigenvalue weighted by Crippen LogP contribution is 2.22. The van der Waals surface area contributed by atoms with Crippen molar-refractivity contribution < 1.29 is 16.7 Å². The first-order chi connectivity index (χ1) is 8.15. The fourth-order valence-corrected chi connectivity index (χ4v) is 1.34. The number of aliphatic hydroxyl groups is 2. The average molecular weight is 240 g/mol. The maximum atomic E-state index is 10.1. The van der Waals surface area contributed by atoms with Crippen LogP contribution in [0.3, 0.4) is 0 Å². The van der Waals surface area contributed by atoms with Crippen LogP contribution >= 0.6 is 0 Å². The topological polar surface area (TPSA) is 72.7 Å². The number of benzene rings is 1. The normalized spacial score (nSPS) is 16.4. The zero-order chi connectivity index (χ0) is 14.0. The van der Waals surface area contributed by atoms with Crippen molar-refractivity contribution in [2.24, 2.45) is 0 Å². The maximum absolute atomic E-state index is 10.1. The first kappa shape index (κ1) is 12.4. The second kappa shape index (κ2) is 5.49. The molecule has 0 saturated carbocycles. The Bertz CT molecular complexity index is 413. The van der Waals surface area contributed by atoms with E-state index in [1.54, 1.807) is 0 Å². The number of rotatable bonds is 4. The molecule has 0 spiro atoms. The summed E-state index contributed by atoms with van der Waals surface area (Å²) in [6, 6.07) is 4.29. The van der Waals surface area contributed by atoms with Crippen molar-refractivity contribution >= 4 is 0 Å². The van der Waals surface area contributed by atoms with E-state index in [4.69, 9.17) is 6.48 Å². The number of hydrogen-bond donors (Lipinski definition) is 4. The van der Waals surface area contributed by atoms with Gasteiger partial charge in [0.2, 0.25) is 0 Å². The summed E-state index contributed by atoms with van der Waals surface area (Å²) in [5.74, 6) is -0.0409. The molecular formula is C13H21NO3. The van der Waals surface area contributed by atoms with Crippen molar-refractivity contribution in [2.45, 2.75) is 39.0 Å². The molecule has 0 fully saturated rings. The summed E-state index contributed by atoms with van der Waals surface area (Å²) >= 11 is 0. The van der Waals surface area contributed by atoms with Crippen LogP contribution in [-0.4, -0.2) is 27.4 Å². The lowest BCUT2D eigenvalue weighted by Crippen LogP contribution is -2.38. The summed E-state index contributed by atoms with van der Waals surface area (Å²) < 4.78 is 7.92. The van der Waals surface area contributed by atoms with Crippen molar-refractivity contribution in [1.82, 2.24) is 5.32 Å². The second-order valence-corrected chi connectivity index (χ2v) is 5.05. The number of aromatic hydroxyl groups is 1. The van der Waals surface area contributed by atoms with E-state index >= 15 is 0 Å². The van der Waals surface area contributed by atoms with Crippen LogP contribution in [0.2, 0.25) is 0 Å². The van der Waals surface area contributed by atoms with Gasteiger partial charge in [-0.05, 0) is 38.5 Å². The Kier molecular flexibility index (Phi) is 3.99. The fraction of sp³-hybridized carbons (Fsp3) is 0.538. The number of phenols is 1. The molecule has 0 amide bonds. The highest BCUT2D eigenvalue weighted by Gasteiger charge is 2.14. The molecule has 4 N–H and O–H groups in total. The molecule has 0 bridgehead atoms. The van der Waals surface area contributed by atoms with Gasteiger partial charge in [0, 0.05) is 17.6 Å². The molecule has 1 atom stereocenters. The highest BCUT2D eigenvalue weighted by atomic mass is 16.3. The summed E-state index contributed by atoms with van der Waals surface area (Å²) in [5.41, 5.74) is 0.432. The van der Waals surface area contributed by atoms with Gasteiger partial charge in [-0.1, -0.05) is 6.07 Å². The predicted octanol–water partition coefficient (Wildman–Crippen LogP) is 1.31. The van der Waals surface area contributed by atoms with Crippen LogP contribution in [0.4, 0.5) is 0 Å². The van der Waals surface area contributed by atoms with E-state index < -0.39 is 6.08 Å². The molecular weight excluding hydrogens is 218 g/mol. The van der Waals surface area contributed by atoms with Gasteiger partial charge >= 0.3 is 0 Å². The van der Waals surface area contributed by atoms with Gasteiger partial charge in [0.1, 0.15) is 5.75 Å². The average Bonchev–Trinajstić information content (AvgIpc) is 2.26. The Morgan fingerprint density at radius 3 is 2.59 bits per heavy atom. The molecule has 0 radical (unpaired) electrons. The quantitative estimate of drug-likeness (QED) is 0.640. The molecule has 0 heterocycles. The first-order valence-corrected chi connectivity index (χ1v) is 5.56. The number of β-amino-alcohol motifs (C(OH)–C–C–N with tert-alkyl or cyclic N) is 1.